The summed E-state index contributed by atoms with van der Waals surface area (Å²) >= 11 is 0. The van der Waals surface area contributed by atoms with Gasteiger partial charge in [-0.05, 0) is 55.6 Å². The molecule has 1 amide bonds. The molecule has 9 nitrogen and oxygen atoms in total. The lowest BCUT2D eigenvalue weighted by molar-refractivity contribution is -0.138. The quantitative estimate of drug-likeness (QED) is 0.438. The molecule has 2 N–H and O–H groups in total. The average molecular weight is 570 g/mol. The van der Waals surface area contributed by atoms with Gasteiger partial charge in [-0.2, -0.15) is 13.2 Å². The van der Waals surface area contributed by atoms with E-state index in [1.807, 2.05) is 0 Å². The molecule has 2 aliphatic rings. The molecule has 2 aromatic rings. The summed E-state index contributed by atoms with van der Waals surface area (Å²) in [5.74, 6) is 0.209. The molecular weight excluding hydrogens is 535 g/mol. The van der Waals surface area contributed by atoms with E-state index in [0.29, 0.717) is 23.5 Å². The highest BCUT2D eigenvalue weighted by Crippen LogP contribution is 2.64. The van der Waals surface area contributed by atoms with Gasteiger partial charge in [-0.1, -0.05) is 12.8 Å². The summed E-state index contributed by atoms with van der Waals surface area (Å²) in [6.45, 7) is 1.37. The number of ether oxygens (including phenoxy) is 1. The predicted molar refractivity (Wildman–Crippen MR) is 141 cm³/mol. The fourth-order valence-electron chi connectivity index (χ4n) is 5.94. The van der Waals surface area contributed by atoms with E-state index in [1.165, 1.54) is 24.6 Å². The number of amides is 1. The zero-order valence-corrected chi connectivity index (χ0v) is 23.2. The fraction of sp³-hybridized carbons (Fsp3) is 0.577. The van der Waals surface area contributed by atoms with Gasteiger partial charge in [0.15, 0.2) is 0 Å². The Hall–Kier alpha value is -2.93. The Morgan fingerprint density at radius 3 is 2.67 bits per heavy atom. The van der Waals surface area contributed by atoms with Gasteiger partial charge >= 0.3 is 6.18 Å². The third kappa shape index (κ3) is 6.46. The van der Waals surface area contributed by atoms with Crippen molar-refractivity contribution in [3.8, 4) is 5.75 Å². The summed E-state index contributed by atoms with van der Waals surface area (Å²) in [4.78, 5) is 19.5. The lowest BCUT2D eigenvalue weighted by Crippen LogP contribution is -2.45. The summed E-state index contributed by atoms with van der Waals surface area (Å²) in [5, 5.41) is 5.56. The molecule has 2 fully saturated rings. The van der Waals surface area contributed by atoms with Gasteiger partial charge in [0.2, 0.25) is 21.9 Å². The van der Waals surface area contributed by atoms with Crippen LogP contribution in [0.25, 0.3) is 0 Å². The maximum absolute atomic E-state index is 13.8. The van der Waals surface area contributed by atoms with Crippen LogP contribution in [-0.2, 0) is 27.4 Å². The summed E-state index contributed by atoms with van der Waals surface area (Å²) in [6.07, 6.45) is 2.29. The van der Waals surface area contributed by atoms with Crippen molar-refractivity contribution in [3.05, 3.63) is 35.7 Å². The van der Waals surface area contributed by atoms with E-state index >= 15 is 0 Å². The molecule has 3 atom stereocenters. The maximum atomic E-state index is 13.8. The van der Waals surface area contributed by atoms with Gasteiger partial charge in [0.1, 0.15) is 5.75 Å². The third-order valence-corrected chi connectivity index (χ3v) is 9.25. The zero-order valence-electron chi connectivity index (χ0n) is 22.4. The number of rotatable bonds is 9. The van der Waals surface area contributed by atoms with Gasteiger partial charge in [-0.15, -0.1) is 0 Å². The number of benzene rings is 1. The van der Waals surface area contributed by atoms with Crippen molar-refractivity contribution in [2.45, 2.75) is 64.1 Å². The van der Waals surface area contributed by atoms with Crippen molar-refractivity contribution in [2.24, 2.45) is 11.3 Å². The molecule has 0 bridgehead atoms. The molecule has 0 unspecified atom stereocenters. The molecule has 4 rings (SSSR count). The van der Waals surface area contributed by atoms with E-state index in [2.05, 4.69) is 20.6 Å². The molecule has 2 saturated carbocycles. The minimum atomic E-state index is -4.61. The summed E-state index contributed by atoms with van der Waals surface area (Å²) in [7, 11) is -0.342. The van der Waals surface area contributed by atoms with Gasteiger partial charge < -0.3 is 15.4 Å². The molecule has 1 aromatic carbocycles. The molecule has 1 aromatic heterocycles. The number of hydrogen-bond acceptors (Lipinski definition) is 7. The van der Waals surface area contributed by atoms with E-state index in [0.717, 1.165) is 38.3 Å². The van der Waals surface area contributed by atoms with Crippen LogP contribution >= 0.6 is 0 Å². The molecule has 1 heterocycles. The van der Waals surface area contributed by atoms with Crippen LogP contribution in [-0.4, -0.2) is 55.1 Å². The van der Waals surface area contributed by atoms with Crippen molar-refractivity contribution in [2.75, 3.05) is 31.0 Å². The Kier molecular flexibility index (Phi) is 8.13. The number of carbonyl (C=O) groups excluding carboxylic acids is 1. The van der Waals surface area contributed by atoms with Crippen LogP contribution in [0.15, 0.2) is 24.4 Å². The number of sulfonamides is 1. The van der Waals surface area contributed by atoms with E-state index in [9.17, 15) is 26.4 Å². The van der Waals surface area contributed by atoms with Gasteiger partial charge in [0.25, 0.3) is 0 Å². The van der Waals surface area contributed by atoms with Crippen molar-refractivity contribution < 1.29 is 31.1 Å². The Labute approximate surface area is 226 Å². The molecule has 1 spiro atoms. The highest BCUT2D eigenvalue weighted by molar-refractivity contribution is 7.88. The molecule has 13 heteroatoms. The Bertz CT molecular complexity index is 1340. The van der Waals surface area contributed by atoms with Crippen LogP contribution in [0.4, 0.5) is 30.5 Å². The Morgan fingerprint density at radius 1 is 1.28 bits per heavy atom. The standard InChI is InChI=1S/C26H34F3N5O4S/c1-16(35)31-18-9-11-21(22(13-18)38-3)33-24-30-15-19(26(27,28)29)20(32-24)10-8-17-14-25(17)12-6-5-7-23(25)34(2)39(4,36)37/h9,11,13,15,17,23H,5-8,10,12,14H2,1-4H3,(H,31,35)(H,30,32,33)/t17-,23-,25+/m1/s1. The van der Waals surface area contributed by atoms with Gasteiger partial charge in [-0.25, -0.2) is 22.7 Å². The molecule has 0 radical (unpaired) electrons. The minimum Gasteiger partial charge on any atom is -0.494 e. The minimum absolute atomic E-state index is 0.0126. The first-order chi connectivity index (χ1) is 18.2. The first-order valence-electron chi connectivity index (χ1n) is 12.8. The number of aromatic nitrogens is 2. The van der Waals surface area contributed by atoms with E-state index < -0.39 is 21.8 Å². The van der Waals surface area contributed by atoms with Crippen LogP contribution in [0.1, 0.15) is 56.7 Å². The Balaban J connectivity index is 1.54. The SMILES string of the molecule is COc1cc(NC(C)=O)ccc1Nc1ncc(C(F)(F)F)c(CC[C@@H]2C[C@@]23CCCC[C@H]3N(C)S(C)(=O)=O)n1. The number of carbonyl (C=O) groups is 1. The number of methoxy groups -OCH3 is 1. The molecule has 214 valence electrons. The van der Waals surface area contributed by atoms with Gasteiger partial charge in [0.05, 0.1) is 30.3 Å². The number of aryl methyl sites for hydroxylation is 1. The third-order valence-electron chi connectivity index (χ3n) is 7.95. The predicted octanol–water partition coefficient (Wildman–Crippen LogP) is 4.98. The summed E-state index contributed by atoms with van der Waals surface area (Å²) < 4.78 is 72.8. The first-order valence-corrected chi connectivity index (χ1v) is 14.7. The normalized spacial score (nSPS) is 23.1. The largest absolute Gasteiger partial charge is 0.494 e. The van der Waals surface area contributed by atoms with E-state index in [-0.39, 0.29) is 41.3 Å². The number of halogens is 3. The van der Waals surface area contributed by atoms with Crippen LogP contribution in [0, 0.1) is 11.3 Å². The molecule has 39 heavy (non-hydrogen) atoms. The fourth-order valence-corrected chi connectivity index (χ4v) is 6.71. The first kappa shape index (κ1) is 29.1. The smallest absolute Gasteiger partial charge is 0.419 e. The molecule has 2 aliphatic carbocycles. The van der Waals surface area contributed by atoms with Crippen molar-refractivity contribution in [3.63, 3.8) is 0 Å². The monoisotopic (exact) mass is 569 g/mol. The molecule has 0 saturated heterocycles. The second-order valence-corrected chi connectivity index (χ2v) is 12.5. The maximum Gasteiger partial charge on any atom is 0.419 e. The number of nitrogens with one attached hydrogen (secondary N) is 2. The summed E-state index contributed by atoms with van der Waals surface area (Å²) in [6, 6.07) is 4.68. The van der Waals surface area contributed by atoms with E-state index in [1.54, 1.807) is 25.2 Å². The van der Waals surface area contributed by atoms with Crippen LogP contribution in [0.2, 0.25) is 0 Å². The number of hydrogen-bond donors (Lipinski definition) is 2. The molecular formula is C26H34F3N5O4S. The highest BCUT2D eigenvalue weighted by atomic mass is 32.2. The number of alkyl halides is 3. The second kappa shape index (κ2) is 10.9. The van der Waals surface area contributed by atoms with Crippen LogP contribution < -0.4 is 15.4 Å². The van der Waals surface area contributed by atoms with E-state index in [4.69, 9.17) is 4.74 Å². The summed E-state index contributed by atoms with van der Waals surface area (Å²) in [5.41, 5.74) is -0.262. The highest BCUT2D eigenvalue weighted by Gasteiger charge is 2.60. The number of nitrogens with zero attached hydrogens (tertiary/aromatic N) is 3. The lowest BCUT2D eigenvalue weighted by Gasteiger charge is -2.38. The van der Waals surface area contributed by atoms with Gasteiger partial charge in [-0.3, -0.25) is 4.79 Å². The Morgan fingerprint density at radius 2 is 2.03 bits per heavy atom. The van der Waals surface area contributed by atoms with Crippen molar-refractivity contribution in [1.82, 2.24) is 14.3 Å². The second-order valence-electron chi connectivity index (χ2n) is 10.5. The number of anilines is 3. The van der Waals surface area contributed by atoms with Crippen LogP contribution in [0.3, 0.4) is 0 Å². The topological polar surface area (TPSA) is 114 Å². The van der Waals surface area contributed by atoms with Gasteiger partial charge in [0, 0.05) is 38.0 Å². The lowest BCUT2D eigenvalue weighted by atomic mass is 9.79. The average Bonchev–Trinajstić information content (AvgIpc) is 3.54. The van der Waals surface area contributed by atoms with Crippen LogP contribution in [0.5, 0.6) is 5.75 Å². The zero-order chi connectivity index (χ0) is 28.6. The van der Waals surface area contributed by atoms with Crippen molar-refractivity contribution in [1.29, 1.82) is 0 Å². The molecule has 0 aliphatic heterocycles. The van der Waals surface area contributed by atoms with Crippen molar-refractivity contribution >= 4 is 33.3 Å².